The second-order valence-electron chi connectivity index (χ2n) is 13.6. The average Bonchev–Trinajstić information content (AvgIpc) is 3.44. The molecule has 0 bridgehead atoms. The SMILES string of the molecule is CCn1c(-c2ccc(C3=CCN(C(=O)OC(C)(C)C)CC3)cc2)nnc1-c1ccc(C2=CCN(C(=O)OC(C)(C)C)CC2)cc1. The number of nitrogens with zero attached hydrogens (tertiary/aromatic N) is 5. The molecule has 3 heterocycles. The van der Waals surface area contributed by atoms with Gasteiger partial charge >= 0.3 is 12.2 Å². The van der Waals surface area contributed by atoms with E-state index in [0.717, 1.165) is 53.3 Å². The monoisotopic (exact) mass is 611 g/mol. The van der Waals surface area contributed by atoms with Crippen molar-refractivity contribution in [1.29, 1.82) is 0 Å². The predicted molar refractivity (Wildman–Crippen MR) is 177 cm³/mol. The Labute approximate surface area is 266 Å². The van der Waals surface area contributed by atoms with Crippen molar-refractivity contribution in [2.75, 3.05) is 26.2 Å². The van der Waals surface area contributed by atoms with Crippen LogP contribution in [0, 0.1) is 0 Å². The first-order valence-corrected chi connectivity index (χ1v) is 15.8. The third-order valence-corrected chi connectivity index (χ3v) is 7.82. The van der Waals surface area contributed by atoms with Crippen LogP contribution in [0.4, 0.5) is 9.59 Å². The Morgan fingerprint density at radius 1 is 0.644 bits per heavy atom. The third-order valence-electron chi connectivity index (χ3n) is 7.82. The molecule has 0 saturated heterocycles. The third kappa shape index (κ3) is 7.82. The molecule has 0 saturated carbocycles. The van der Waals surface area contributed by atoms with Crippen LogP contribution in [0.15, 0.2) is 60.7 Å². The summed E-state index contributed by atoms with van der Waals surface area (Å²) in [5.41, 5.74) is 5.75. The number of benzene rings is 2. The number of rotatable bonds is 5. The predicted octanol–water partition coefficient (Wildman–Crippen LogP) is 7.68. The van der Waals surface area contributed by atoms with Crippen LogP contribution in [0.5, 0.6) is 0 Å². The van der Waals surface area contributed by atoms with E-state index in [1.165, 1.54) is 11.1 Å². The molecule has 0 fully saturated rings. The van der Waals surface area contributed by atoms with Gasteiger partial charge in [0.25, 0.3) is 0 Å². The van der Waals surface area contributed by atoms with E-state index in [9.17, 15) is 9.59 Å². The number of ether oxygens (including phenoxy) is 2. The molecule has 5 rings (SSSR count). The largest absolute Gasteiger partial charge is 0.444 e. The lowest BCUT2D eigenvalue weighted by atomic mass is 9.98. The minimum absolute atomic E-state index is 0.268. The van der Waals surface area contributed by atoms with E-state index in [2.05, 4.69) is 82.4 Å². The molecule has 2 amide bonds. The second kappa shape index (κ2) is 12.9. The van der Waals surface area contributed by atoms with Gasteiger partial charge in [0.15, 0.2) is 11.6 Å². The van der Waals surface area contributed by atoms with Crippen molar-refractivity contribution in [3.05, 3.63) is 71.8 Å². The van der Waals surface area contributed by atoms with E-state index in [4.69, 9.17) is 9.47 Å². The molecule has 45 heavy (non-hydrogen) atoms. The van der Waals surface area contributed by atoms with Crippen LogP contribution in [0.2, 0.25) is 0 Å². The minimum atomic E-state index is -0.499. The topological polar surface area (TPSA) is 89.8 Å². The van der Waals surface area contributed by atoms with Gasteiger partial charge in [0.05, 0.1) is 0 Å². The molecule has 0 aliphatic carbocycles. The number of amides is 2. The molecule has 9 heteroatoms. The van der Waals surface area contributed by atoms with Crippen LogP contribution in [-0.2, 0) is 16.0 Å². The number of hydrogen-bond donors (Lipinski definition) is 0. The molecular weight excluding hydrogens is 566 g/mol. The Balaban J connectivity index is 1.25. The van der Waals surface area contributed by atoms with E-state index < -0.39 is 11.2 Å². The quantitative estimate of drug-likeness (QED) is 0.294. The molecule has 238 valence electrons. The molecule has 3 aromatic rings. The van der Waals surface area contributed by atoms with Gasteiger partial charge < -0.3 is 23.8 Å². The fraction of sp³-hybridized carbons (Fsp3) is 0.444. The van der Waals surface area contributed by atoms with Crippen molar-refractivity contribution < 1.29 is 19.1 Å². The molecule has 0 atom stereocenters. The highest BCUT2D eigenvalue weighted by molar-refractivity contribution is 5.75. The van der Waals surface area contributed by atoms with Gasteiger partial charge in [-0.15, -0.1) is 10.2 Å². The van der Waals surface area contributed by atoms with E-state index in [-0.39, 0.29) is 12.2 Å². The summed E-state index contributed by atoms with van der Waals surface area (Å²) in [6, 6.07) is 16.9. The highest BCUT2D eigenvalue weighted by atomic mass is 16.6. The first kappa shape index (κ1) is 32.0. The molecule has 2 aromatic carbocycles. The van der Waals surface area contributed by atoms with Crippen molar-refractivity contribution in [3.63, 3.8) is 0 Å². The van der Waals surface area contributed by atoms with Gasteiger partial charge in [0, 0.05) is 43.9 Å². The van der Waals surface area contributed by atoms with Gasteiger partial charge in [-0.25, -0.2) is 9.59 Å². The molecule has 0 unspecified atom stereocenters. The molecule has 1 aromatic heterocycles. The van der Waals surface area contributed by atoms with Crippen molar-refractivity contribution in [2.45, 2.75) is 79.1 Å². The summed E-state index contributed by atoms with van der Waals surface area (Å²) in [7, 11) is 0. The van der Waals surface area contributed by atoms with Gasteiger partial charge in [-0.05, 0) is 83.6 Å². The van der Waals surface area contributed by atoms with Crippen LogP contribution >= 0.6 is 0 Å². The van der Waals surface area contributed by atoms with Crippen LogP contribution in [0.1, 0.15) is 72.4 Å². The Bertz CT molecular complexity index is 1470. The minimum Gasteiger partial charge on any atom is -0.444 e. The van der Waals surface area contributed by atoms with E-state index in [1.54, 1.807) is 9.80 Å². The zero-order chi connectivity index (χ0) is 32.4. The summed E-state index contributed by atoms with van der Waals surface area (Å²) in [5, 5.41) is 9.15. The summed E-state index contributed by atoms with van der Waals surface area (Å²) in [4.78, 5) is 28.3. The van der Waals surface area contributed by atoms with Crippen LogP contribution in [0.25, 0.3) is 33.9 Å². The molecule has 9 nitrogen and oxygen atoms in total. The van der Waals surface area contributed by atoms with Crippen molar-refractivity contribution >= 4 is 23.3 Å². The van der Waals surface area contributed by atoms with E-state index >= 15 is 0 Å². The normalized spacial score (nSPS) is 15.8. The lowest BCUT2D eigenvalue weighted by molar-refractivity contribution is 0.0260. The fourth-order valence-corrected chi connectivity index (χ4v) is 5.54. The highest BCUT2D eigenvalue weighted by Crippen LogP contribution is 2.30. The van der Waals surface area contributed by atoms with Gasteiger partial charge in [-0.3, -0.25) is 0 Å². The fourth-order valence-electron chi connectivity index (χ4n) is 5.54. The van der Waals surface area contributed by atoms with Gasteiger partial charge in [-0.2, -0.15) is 0 Å². The molecule has 0 N–H and O–H groups in total. The lowest BCUT2D eigenvalue weighted by Crippen LogP contribution is -2.39. The molecular formula is C36H45N5O4. The maximum Gasteiger partial charge on any atom is 0.410 e. The lowest BCUT2D eigenvalue weighted by Gasteiger charge is -2.29. The Kier molecular flexibility index (Phi) is 9.18. The highest BCUT2D eigenvalue weighted by Gasteiger charge is 2.25. The first-order chi connectivity index (χ1) is 21.3. The van der Waals surface area contributed by atoms with E-state index in [0.29, 0.717) is 26.2 Å². The average molecular weight is 612 g/mol. The molecule has 0 spiro atoms. The first-order valence-electron chi connectivity index (χ1n) is 15.8. The smallest absolute Gasteiger partial charge is 0.410 e. The summed E-state index contributed by atoms with van der Waals surface area (Å²) < 4.78 is 13.2. The van der Waals surface area contributed by atoms with Gasteiger partial charge in [-0.1, -0.05) is 60.7 Å². The summed E-state index contributed by atoms with van der Waals surface area (Å²) in [6.07, 6.45) is 5.24. The van der Waals surface area contributed by atoms with Crippen LogP contribution < -0.4 is 0 Å². The maximum absolute atomic E-state index is 12.4. The number of aromatic nitrogens is 3. The Hall–Kier alpha value is -4.40. The number of hydrogen-bond acceptors (Lipinski definition) is 6. The maximum atomic E-state index is 12.4. The summed E-state index contributed by atoms with van der Waals surface area (Å²) >= 11 is 0. The van der Waals surface area contributed by atoms with Crippen molar-refractivity contribution in [1.82, 2.24) is 24.6 Å². The molecule has 2 aliphatic heterocycles. The molecule has 2 aliphatic rings. The van der Waals surface area contributed by atoms with Crippen LogP contribution in [0.3, 0.4) is 0 Å². The zero-order valence-electron chi connectivity index (χ0n) is 27.6. The van der Waals surface area contributed by atoms with Gasteiger partial charge in [0.1, 0.15) is 11.2 Å². The second-order valence-corrected chi connectivity index (χ2v) is 13.6. The number of carbonyl (C=O) groups is 2. The zero-order valence-corrected chi connectivity index (χ0v) is 27.6. The van der Waals surface area contributed by atoms with Gasteiger partial charge in [0.2, 0.25) is 0 Å². The van der Waals surface area contributed by atoms with Crippen LogP contribution in [-0.4, -0.2) is 74.1 Å². The van der Waals surface area contributed by atoms with Crippen molar-refractivity contribution in [3.8, 4) is 22.8 Å². The van der Waals surface area contributed by atoms with E-state index in [1.807, 2.05) is 41.5 Å². The summed E-state index contributed by atoms with van der Waals surface area (Å²) in [6.45, 7) is 16.5. The Morgan fingerprint density at radius 2 is 1.00 bits per heavy atom. The summed E-state index contributed by atoms with van der Waals surface area (Å²) in [5.74, 6) is 1.66. The van der Waals surface area contributed by atoms with Crippen molar-refractivity contribution in [2.24, 2.45) is 0 Å². The standard InChI is InChI=1S/C36H45N5O4/c1-8-41-31(29-13-9-25(10-14-29)27-17-21-39(22-18-27)33(42)44-35(2,3)4)37-38-32(41)30-15-11-26(12-16-30)28-19-23-40(24-20-28)34(43)45-36(5,6)7/h9-17,19H,8,18,20-24H2,1-7H3. The Morgan fingerprint density at radius 3 is 1.29 bits per heavy atom. The molecule has 0 radical (unpaired) electrons. The number of carbonyl (C=O) groups excluding carboxylic acids is 2.